The predicted octanol–water partition coefficient (Wildman–Crippen LogP) is 4.21. The van der Waals surface area contributed by atoms with E-state index in [4.69, 9.17) is 16.0 Å². The number of aryl methyl sites for hydroxylation is 1. The molecule has 0 fully saturated rings. The number of anilines is 1. The van der Waals surface area contributed by atoms with Crippen LogP contribution >= 0.6 is 11.6 Å². The maximum absolute atomic E-state index is 13.2. The van der Waals surface area contributed by atoms with Gasteiger partial charge in [0.1, 0.15) is 11.6 Å². The quantitative estimate of drug-likeness (QED) is 0.601. The molecule has 0 atom stereocenters. The Labute approximate surface area is 173 Å². The van der Waals surface area contributed by atoms with Crippen molar-refractivity contribution in [2.45, 2.75) is 18.4 Å². The third-order valence-corrected chi connectivity index (χ3v) is 6.20. The van der Waals surface area contributed by atoms with Gasteiger partial charge in [-0.3, -0.25) is 4.79 Å². The Bertz CT molecular complexity index is 1100. The van der Waals surface area contributed by atoms with Crippen molar-refractivity contribution in [3.63, 3.8) is 0 Å². The van der Waals surface area contributed by atoms with Gasteiger partial charge < -0.3 is 9.73 Å². The summed E-state index contributed by atoms with van der Waals surface area (Å²) >= 11 is 6.13. The van der Waals surface area contributed by atoms with Crippen LogP contribution in [0.5, 0.6) is 0 Å². The van der Waals surface area contributed by atoms with E-state index < -0.39 is 28.3 Å². The largest absolute Gasteiger partial charge is 0.468 e. The van der Waals surface area contributed by atoms with Crippen molar-refractivity contribution in [3.8, 4) is 0 Å². The summed E-state index contributed by atoms with van der Waals surface area (Å²) in [6.07, 6.45) is 1.41. The number of hydrogen-bond donors (Lipinski definition) is 1. The van der Waals surface area contributed by atoms with Gasteiger partial charge in [-0.25, -0.2) is 12.8 Å². The first-order valence-electron chi connectivity index (χ1n) is 8.60. The van der Waals surface area contributed by atoms with E-state index in [2.05, 4.69) is 5.32 Å². The molecule has 1 heterocycles. The molecule has 29 heavy (non-hydrogen) atoms. The lowest BCUT2D eigenvalue weighted by Gasteiger charge is -2.21. The van der Waals surface area contributed by atoms with Crippen molar-refractivity contribution in [1.82, 2.24) is 4.31 Å². The second-order valence-electron chi connectivity index (χ2n) is 6.34. The summed E-state index contributed by atoms with van der Waals surface area (Å²) < 4.78 is 45.4. The lowest BCUT2D eigenvalue weighted by molar-refractivity contribution is -0.116. The highest BCUT2D eigenvalue weighted by molar-refractivity contribution is 7.89. The Morgan fingerprint density at radius 3 is 2.52 bits per heavy atom. The minimum absolute atomic E-state index is 0.133. The number of benzene rings is 2. The average molecular weight is 437 g/mol. The molecule has 0 radical (unpaired) electrons. The second kappa shape index (κ2) is 8.77. The molecule has 0 spiro atoms. The van der Waals surface area contributed by atoms with Crippen molar-refractivity contribution < 1.29 is 22.0 Å². The molecule has 0 aliphatic rings. The van der Waals surface area contributed by atoms with Crippen LogP contribution in [-0.2, 0) is 21.4 Å². The number of halogens is 2. The van der Waals surface area contributed by atoms with E-state index in [0.717, 1.165) is 34.1 Å². The monoisotopic (exact) mass is 436 g/mol. The summed E-state index contributed by atoms with van der Waals surface area (Å²) in [6, 6.07) is 12.7. The van der Waals surface area contributed by atoms with Crippen LogP contribution < -0.4 is 5.32 Å². The summed E-state index contributed by atoms with van der Waals surface area (Å²) in [5.41, 5.74) is 1.30. The molecule has 0 aliphatic carbocycles. The fourth-order valence-electron chi connectivity index (χ4n) is 2.63. The number of nitrogens with zero attached hydrogens (tertiary/aromatic N) is 1. The van der Waals surface area contributed by atoms with Crippen molar-refractivity contribution in [2.24, 2.45) is 0 Å². The van der Waals surface area contributed by atoms with Gasteiger partial charge in [0.15, 0.2) is 0 Å². The van der Waals surface area contributed by atoms with E-state index in [1.807, 2.05) is 6.92 Å². The zero-order valence-corrected chi connectivity index (χ0v) is 17.0. The zero-order valence-electron chi connectivity index (χ0n) is 15.4. The molecule has 0 aliphatic heterocycles. The van der Waals surface area contributed by atoms with Gasteiger partial charge >= 0.3 is 0 Å². The first-order valence-corrected chi connectivity index (χ1v) is 10.4. The van der Waals surface area contributed by atoms with Crippen molar-refractivity contribution in [3.05, 3.63) is 83.0 Å². The van der Waals surface area contributed by atoms with Crippen LogP contribution in [0.3, 0.4) is 0 Å². The Balaban J connectivity index is 1.85. The third kappa shape index (κ3) is 5.23. The number of amides is 1. The Morgan fingerprint density at radius 1 is 1.17 bits per heavy atom. The number of rotatable bonds is 7. The molecule has 0 saturated carbocycles. The molecule has 3 rings (SSSR count). The number of carbonyl (C=O) groups excluding carboxylic acids is 1. The number of hydrogen-bond acceptors (Lipinski definition) is 4. The van der Waals surface area contributed by atoms with E-state index >= 15 is 0 Å². The summed E-state index contributed by atoms with van der Waals surface area (Å²) in [5.74, 6) is -0.779. The number of furan rings is 1. The first-order chi connectivity index (χ1) is 13.8. The van der Waals surface area contributed by atoms with Crippen molar-refractivity contribution in [1.29, 1.82) is 0 Å². The first kappa shape index (κ1) is 21.0. The smallest absolute Gasteiger partial charge is 0.243 e. The molecule has 1 aromatic heterocycles. The predicted molar refractivity (Wildman–Crippen MR) is 108 cm³/mol. The molecular weight excluding hydrogens is 419 g/mol. The van der Waals surface area contributed by atoms with Gasteiger partial charge in [0, 0.05) is 0 Å². The van der Waals surface area contributed by atoms with Gasteiger partial charge in [-0.2, -0.15) is 4.31 Å². The lowest BCUT2D eigenvalue weighted by atomic mass is 10.2. The highest BCUT2D eigenvalue weighted by atomic mass is 35.5. The Hall–Kier alpha value is -2.68. The zero-order chi connectivity index (χ0) is 21.0. The highest BCUT2D eigenvalue weighted by Gasteiger charge is 2.28. The molecule has 0 bridgehead atoms. The molecule has 1 N–H and O–H groups in total. The maximum Gasteiger partial charge on any atom is 0.243 e. The molecule has 0 unspecified atom stereocenters. The molecule has 152 valence electrons. The van der Waals surface area contributed by atoms with Crippen LogP contribution in [0.2, 0.25) is 5.02 Å². The van der Waals surface area contributed by atoms with Crippen LogP contribution in [-0.4, -0.2) is 25.2 Å². The number of nitrogens with one attached hydrogen (secondary N) is 1. The van der Waals surface area contributed by atoms with Gasteiger partial charge in [0.25, 0.3) is 0 Å². The second-order valence-corrected chi connectivity index (χ2v) is 8.68. The van der Waals surface area contributed by atoms with Crippen LogP contribution in [0.1, 0.15) is 11.3 Å². The van der Waals surface area contributed by atoms with E-state index in [-0.39, 0.29) is 11.4 Å². The maximum atomic E-state index is 13.2. The summed E-state index contributed by atoms with van der Waals surface area (Å²) in [7, 11) is -4.09. The van der Waals surface area contributed by atoms with Crippen LogP contribution in [0, 0.1) is 12.7 Å². The topological polar surface area (TPSA) is 79.6 Å². The molecule has 9 heteroatoms. The van der Waals surface area contributed by atoms with E-state index in [1.165, 1.54) is 6.26 Å². The normalized spacial score (nSPS) is 11.6. The van der Waals surface area contributed by atoms with E-state index in [1.54, 1.807) is 30.3 Å². The Morgan fingerprint density at radius 2 is 1.90 bits per heavy atom. The van der Waals surface area contributed by atoms with Crippen molar-refractivity contribution >= 4 is 33.2 Å². The molecule has 0 saturated heterocycles. The minimum atomic E-state index is -4.09. The standard InChI is InChI=1S/C20H18ClFN2O4S/c1-14-4-9-19(18(21)11-14)23-20(25)13-24(12-16-3-2-10-28-16)29(26,27)17-7-5-15(22)6-8-17/h2-11H,12-13H2,1H3,(H,23,25). The summed E-state index contributed by atoms with van der Waals surface area (Å²) in [5, 5.41) is 2.96. The highest BCUT2D eigenvalue weighted by Crippen LogP contribution is 2.23. The molecule has 6 nitrogen and oxygen atoms in total. The van der Waals surface area contributed by atoms with Crippen LogP contribution in [0.25, 0.3) is 0 Å². The summed E-state index contributed by atoms with van der Waals surface area (Å²) in [4.78, 5) is 12.4. The lowest BCUT2D eigenvalue weighted by Crippen LogP contribution is -2.37. The number of sulfonamides is 1. The molecule has 1 amide bonds. The van der Waals surface area contributed by atoms with Gasteiger partial charge in [-0.15, -0.1) is 0 Å². The van der Waals surface area contributed by atoms with Crippen LogP contribution in [0.15, 0.2) is 70.2 Å². The summed E-state index contributed by atoms with van der Waals surface area (Å²) in [6.45, 7) is 1.21. The Kier molecular flexibility index (Phi) is 6.36. The van der Waals surface area contributed by atoms with Gasteiger partial charge in [-0.05, 0) is 61.0 Å². The van der Waals surface area contributed by atoms with E-state index in [0.29, 0.717) is 16.5 Å². The van der Waals surface area contributed by atoms with Gasteiger partial charge in [-0.1, -0.05) is 17.7 Å². The molecule has 2 aromatic carbocycles. The average Bonchev–Trinajstić information content (AvgIpc) is 3.17. The molecule has 3 aromatic rings. The van der Waals surface area contributed by atoms with E-state index in [9.17, 15) is 17.6 Å². The number of carbonyl (C=O) groups is 1. The van der Waals surface area contributed by atoms with Gasteiger partial charge in [0.05, 0.1) is 35.0 Å². The molecular formula is C20H18ClFN2O4S. The van der Waals surface area contributed by atoms with Crippen LogP contribution in [0.4, 0.5) is 10.1 Å². The minimum Gasteiger partial charge on any atom is -0.468 e. The van der Waals surface area contributed by atoms with Gasteiger partial charge in [0.2, 0.25) is 15.9 Å². The third-order valence-electron chi connectivity index (χ3n) is 4.08. The fourth-order valence-corrected chi connectivity index (χ4v) is 4.27. The van der Waals surface area contributed by atoms with Crippen molar-refractivity contribution in [2.75, 3.05) is 11.9 Å². The SMILES string of the molecule is Cc1ccc(NC(=O)CN(Cc2ccco2)S(=O)(=O)c2ccc(F)cc2)c(Cl)c1. The fraction of sp³-hybridized carbons (Fsp3) is 0.150.